The molecule has 0 bridgehead atoms. The zero-order valence-corrected chi connectivity index (χ0v) is 16.9. The van der Waals surface area contributed by atoms with Crippen molar-refractivity contribution in [1.82, 2.24) is 24.9 Å². The molecule has 3 heterocycles. The Hall–Kier alpha value is -3.55. The monoisotopic (exact) mass is 405 g/mol. The number of carbonyl (C=O) groups is 2. The van der Waals surface area contributed by atoms with E-state index in [1.165, 1.54) is 11.7 Å². The molecule has 8 nitrogen and oxygen atoms in total. The molecule has 1 saturated heterocycles. The molecule has 1 amide bonds. The van der Waals surface area contributed by atoms with Gasteiger partial charge in [-0.2, -0.15) is 15.0 Å². The molecule has 1 fully saturated rings. The Bertz CT molecular complexity index is 1050. The number of hydrogen-bond acceptors (Lipinski definition) is 6. The topological polar surface area (TPSA) is 90.2 Å². The number of pyridine rings is 1. The maximum atomic E-state index is 13.4. The van der Waals surface area contributed by atoms with Crippen LogP contribution in [0.15, 0.2) is 55.0 Å². The second-order valence-electron chi connectivity index (χ2n) is 7.40. The Morgan fingerprint density at radius 2 is 1.83 bits per heavy atom. The van der Waals surface area contributed by atoms with Gasteiger partial charge in [0.1, 0.15) is 6.10 Å². The Labute approximate surface area is 174 Å². The standard InChI is InChI=1S/C22H23N5O3/c1-15-7-8-18(30-21-13-17(16(2)28)9-10-23-21)14-26(15)22(29)19-5-3-4-6-20(19)27-24-11-12-25-27/h3-6,9-13,15,18H,7-8,14H2,1-2H3. The van der Waals surface area contributed by atoms with Gasteiger partial charge in [0.25, 0.3) is 5.91 Å². The number of Topliss-reactive ketones (excluding diaryl/α,β-unsaturated/α-hetero) is 1. The van der Waals surface area contributed by atoms with Gasteiger partial charge >= 0.3 is 0 Å². The quantitative estimate of drug-likeness (QED) is 0.606. The Morgan fingerprint density at radius 1 is 1.07 bits per heavy atom. The second-order valence-corrected chi connectivity index (χ2v) is 7.40. The summed E-state index contributed by atoms with van der Waals surface area (Å²) in [4.78, 5) is 32.5. The van der Waals surface area contributed by atoms with Gasteiger partial charge in [0.2, 0.25) is 5.88 Å². The molecule has 154 valence electrons. The van der Waals surface area contributed by atoms with Gasteiger partial charge in [-0.1, -0.05) is 12.1 Å². The van der Waals surface area contributed by atoms with Gasteiger partial charge in [-0.25, -0.2) is 4.98 Å². The lowest BCUT2D eigenvalue weighted by atomic mass is 9.99. The average molecular weight is 405 g/mol. The molecule has 1 aliphatic heterocycles. The molecular formula is C22H23N5O3. The van der Waals surface area contributed by atoms with Crippen molar-refractivity contribution in [3.8, 4) is 11.6 Å². The average Bonchev–Trinajstić information content (AvgIpc) is 3.29. The van der Waals surface area contributed by atoms with E-state index < -0.39 is 0 Å². The van der Waals surface area contributed by atoms with Gasteiger partial charge in [-0.3, -0.25) is 9.59 Å². The fourth-order valence-electron chi connectivity index (χ4n) is 3.64. The van der Waals surface area contributed by atoms with Crippen LogP contribution < -0.4 is 4.74 Å². The highest BCUT2D eigenvalue weighted by atomic mass is 16.5. The molecule has 2 aromatic heterocycles. The minimum atomic E-state index is -0.199. The second kappa shape index (κ2) is 8.44. The highest BCUT2D eigenvalue weighted by Gasteiger charge is 2.32. The molecule has 2 atom stereocenters. The number of likely N-dealkylation sites (tertiary alicyclic amines) is 1. The fraction of sp³-hybridized carbons (Fsp3) is 0.318. The molecule has 30 heavy (non-hydrogen) atoms. The van der Waals surface area contributed by atoms with Gasteiger partial charge in [0.15, 0.2) is 5.78 Å². The molecule has 1 aliphatic rings. The number of hydrogen-bond donors (Lipinski definition) is 0. The highest BCUT2D eigenvalue weighted by molar-refractivity contribution is 5.98. The third kappa shape index (κ3) is 4.07. The molecule has 0 N–H and O–H groups in total. The largest absolute Gasteiger partial charge is 0.472 e. The van der Waals surface area contributed by atoms with Crippen LogP contribution in [0.2, 0.25) is 0 Å². The van der Waals surface area contributed by atoms with Gasteiger partial charge in [0, 0.05) is 23.9 Å². The minimum Gasteiger partial charge on any atom is -0.472 e. The smallest absolute Gasteiger partial charge is 0.256 e. The number of amides is 1. The number of ketones is 1. The van der Waals surface area contributed by atoms with Crippen LogP contribution in [-0.4, -0.2) is 55.3 Å². The van der Waals surface area contributed by atoms with Crippen LogP contribution in [0.3, 0.4) is 0 Å². The minimum absolute atomic E-state index is 0.0415. The maximum absolute atomic E-state index is 13.4. The Kier molecular flexibility index (Phi) is 5.56. The van der Waals surface area contributed by atoms with E-state index in [2.05, 4.69) is 15.2 Å². The van der Waals surface area contributed by atoms with Crippen molar-refractivity contribution >= 4 is 11.7 Å². The van der Waals surface area contributed by atoms with E-state index in [9.17, 15) is 9.59 Å². The van der Waals surface area contributed by atoms with Crippen molar-refractivity contribution in [2.45, 2.75) is 38.8 Å². The summed E-state index contributed by atoms with van der Waals surface area (Å²) in [5, 5.41) is 8.32. The number of piperidine rings is 1. The van der Waals surface area contributed by atoms with E-state index in [0.29, 0.717) is 29.2 Å². The fourth-order valence-corrected chi connectivity index (χ4v) is 3.64. The number of ether oxygens (including phenoxy) is 1. The van der Waals surface area contributed by atoms with Crippen LogP contribution in [-0.2, 0) is 0 Å². The van der Waals surface area contributed by atoms with Crippen molar-refractivity contribution in [3.05, 3.63) is 66.1 Å². The zero-order chi connectivity index (χ0) is 21.1. The van der Waals surface area contributed by atoms with Gasteiger partial charge < -0.3 is 9.64 Å². The van der Waals surface area contributed by atoms with Crippen molar-refractivity contribution < 1.29 is 14.3 Å². The van der Waals surface area contributed by atoms with Crippen LogP contribution in [0.5, 0.6) is 5.88 Å². The predicted octanol–water partition coefficient (Wildman–Crippen LogP) is 2.94. The van der Waals surface area contributed by atoms with E-state index >= 15 is 0 Å². The van der Waals surface area contributed by atoms with E-state index in [4.69, 9.17) is 4.74 Å². The van der Waals surface area contributed by atoms with Crippen LogP contribution in [0, 0.1) is 0 Å². The van der Waals surface area contributed by atoms with Crippen LogP contribution in [0.4, 0.5) is 0 Å². The summed E-state index contributed by atoms with van der Waals surface area (Å²) in [5.41, 5.74) is 1.73. The lowest BCUT2D eigenvalue weighted by Gasteiger charge is -2.38. The highest BCUT2D eigenvalue weighted by Crippen LogP contribution is 2.25. The van der Waals surface area contributed by atoms with Crippen LogP contribution in [0.25, 0.3) is 5.69 Å². The first kappa shape index (κ1) is 19.8. The normalized spacial score (nSPS) is 18.8. The number of para-hydroxylation sites is 1. The first-order valence-corrected chi connectivity index (χ1v) is 9.93. The summed E-state index contributed by atoms with van der Waals surface area (Å²) >= 11 is 0. The zero-order valence-electron chi connectivity index (χ0n) is 16.9. The van der Waals surface area contributed by atoms with Gasteiger partial charge in [-0.15, -0.1) is 0 Å². The summed E-state index contributed by atoms with van der Waals surface area (Å²) in [6.45, 7) is 3.98. The molecule has 3 aromatic rings. The van der Waals surface area contributed by atoms with E-state index in [1.54, 1.807) is 36.8 Å². The lowest BCUT2D eigenvalue weighted by Crippen LogP contribution is -2.49. The Morgan fingerprint density at radius 3 is 2.60 bits per heavy atom. The molecule has 0 spiro atoms. The SMILES string of the molecule is CC(=O)c1ccnc(OC2CCC(C)N(C(=O)c3ccccc3-n3nccn3)C2)c1. The summed E-state index contributed by atoms with van der Waals surface area (Å²) in [6.07, 6.45) is 6.14. The molecular weight excluding hydrogens is 382 g/mol. The number of rotatable bonds is 5. The van der Waals surface area contributed by atoms with Crippen LogP contribution >= 0.6 is 0 Å². The third-order valence-corrected chi connectivity index (χ3v) is 5.30. The molecule has 4 rings (SSSR count). The first-order chi connectivity index (χ1) is 14.5. The number of carbonyl (C=O) groups excluding carboxylic acids is 2. The van der Waals surface area contributed by atoms with Gasteiger partial charge in [0.05, 0.1) is 30.2 Å². The molecule has 0 aliphatic carbocycles. The van der Waals surface area contributed by atoms with Crippen LogP contribution in [0.1, 0.15) is 47.4 Å². The summed E-state index contributed by atoms with van der Waals surface area (Å²) in [6, 6.07) is 10.7. The van der Waals surface area contributed by atoms with E-state index in [1.807, 2.05) is 30.0 Å². The van der Waals surface area contributed by atoms with Crippen molar-refractivity contribution in [2.75, 3.05) is 6.54 Å². The predicted molar refractivity (Wildman–Crippen MR) is 110 cm³/mol. The summed E-state index contributed by atoms with van der Waals surface area (Å²) in [7, 11) is 0. The Balaban J connectivity index is 1.54. The molecule has 2 unspecified atom stereocenters. The summed E-state index contributed by atoms with van der Waals surface area (Å²) < 4.78 is 6.03. The molecule has 0 saturated carbocycles. The number of nitrogens with zero attached hydrogens (tertiary/aromatic N) is 5. The molecule has 0 radical (unpaired) electrons. The van der Waals surface area contributed by atoms with Crippen molar-refractivity contribution in [3.63, 3.8) is 0 Å². The van der Waals surface area contributed by atoms with E-state index in [0.717, 1.165) is 12.8 Å². The lowest BCUT2D eigenvalue weighted by molar-refractivity contribution is 0.0372. The maximum Gasteiger partial charge on any atom is 0.256 e. The number of benzene rings is 1. The van der Waals surface area contributed by atoms with Crippen molar-refractivity contribution in [1.29, 1.82) is 0 Å². The van der Waals surface area contributed by atoms with E-state index in [-0.39, 0.29) is 23.8 Å². The molecule has 8 heteroatoms. The first-order valence-electron chi connectivity index (χ1n) is 9.93. The summed E-state index contributed by atoms with van der Waals surface area (Å²) in [5.74, 6) is 0.269. The third-order valence-electron chi connectivity index (χ3n) is 5.30. The van der Waals surface area contributed by atoms with Gasteiger partial charge in [-0.05, 0) is 44.9 Å². The number of aromatic nitrogens is 4. The molecule has 1 aromatic carbocycles. The van der Waals surface area contributed by atoms with Crippen molar-refractivity contribution in [2.24, 2.45) is 0 Å².